The summed E-state index contributed by atoms with van der Waals surface area (Å²) in [6.45, 7) is 9.22. The van der Waals surface area contributed by atoms with E-state index in [1.807, 2.05) is 4.90 Å². The first-order chi connectivity index (χ1) is 16.2. The summed E-state index contributed by atoms with van der Waals surface area (Å²) in [5.41, 5.74) is 3.56. The van der Waals surface area contributed by atoms with E-state index in [1.165, 1.54) is 20.5 Å². The zero-order chi connectivity index (χ0) is 24.4. The van der Waals surface area contributed by atoms with E-state index in [2.05, 4.69) is 45.7 Å². The fourth-order valence-electron chi connectivity index (χ4n) is 4.54. The number of aryl methyl sites for hydroxylation is 4. The maximum atomic E-state index is 12.6. The first kappa shape index (κ1) is 23.7. The van der Waals surface area contributed by atoms with Gasteiger partial charge in [0.2, 0.25) is 11.8 Å². The summed E-state index contributed by atoms with van der Waals surface area (Å²) in [5.74, 6) is 0.103. The lowest BCUT2D eigenvalue weighted by Gasteiger charge is -2.35. The lowest BCUT2D eigenvalue weighted by molar-refractivity contribution is -0.134. The molecule has 0 bridgehead atoms. The van der Waals surface area contributed by atoms with Crippen LogP contribution >= 0.6 is 0 Å². The van der Waals surface area contributed by atoms with Crippen molar-refractivity contribution in [3.8, 4) is 0 Å². The van der Waals surface area contributed by atoms with Crippen molar-refractivity contribution in [2.24, 2.45) is 14.1 Å². The monoisotopic (exact) mass is 467 g/mol. The predicted molar refractivity (Wildman–Crippen MR) is 131 cm³/mol. The number of hydrogen-bond donors (Lipinski definition) is 1. The van der Waals surface area contributed by atoms with Crippen LogP contribution in [0.3, 0.4) is 0 Å². The number of imidazole rings is 1. The van der Waals surface area contributed by atoms with Crippen LogP contribution in [0.4, 0.5) is 5.82 Å². The number of carbonyl (C=O) groups excluding carboxylic acids is 2. The highest BCUT2D eigenvalue weighted by Crippen LogP contribution is 2.14. The number of anilines is 1. The van der Waals surface area contributed by atoms with Crippen molar-refractivity contribution in [3.05, 3.63) is 46.1 Å². The van der Waals surface area contributed by atoms with Gasteiger partial charge in [-0.3, -0.25) is 23.6 Å². The summed E-state index contributed by atoms with van der Waals surface area (Å²) < 4.78 is 5.27. The molecule has 4 rings (SSSR count). The van der Waals surface area contributed by atoms with Gasteiger partial charge in [0.15, 0.2) is 5.65 Å². The van der Waals surface area contributed by atoms with E-state index in [9.17, 15) is 14.4 Å². The second-order valence-corrected chi connectivity index (χ2v) is 8.98. The Kier molecular flexibility index (Phi) is 6.87. The van der Waals surface area contributed by atoms with Crippen molar-refractivity contribution in [1.82, 2.24) is 28.5 Å². The molecule has 0 aliphatic carbocycles. The number of hydrogen-bond acceptors (Lipinski definition) is 5. The topological polar surface area (TPSA) is 97.4 Å². The number of rotatable bonds is 7. The summed E-state index contributed by atoms with van der Waals surface area (Å²) in [6, 6.07) is 7.70. The normalized spacial score (nSPS) is 14.6. The van der Waals surface area contributed by atoms with Gasteiger partial charge in [-0.1, -0.05) is 0 Å². The Morgan fingerprint density at radius 2 is 1.59 bits per heavy atom. The van der Waals surface area contributed by atoms with Gasteiger partial charge in [-0.15, -0.1) is 0 Å². The van der Waals surface area contributed by atoms with Gasteiger partial charge >= 0.3 is 5.69 Å². The average Bonchev–Trinajstić information content (AvgIpc) is 3.26. The first-order valence-electron chi connectivity index (χ1n) is 11.7. The predicted octanol–water partition coefficient (Wildman–Crippen LogP) is 1.25. The molecule has 1 aliphatic rings. The zero-order valence-electron chi connectivity index (χ0n) is 20.4. The Labute approximate surface area is 198 Å². The maximum absolute atomic E-state index is 12.6. The highest BCUT2D eigenvalue weighted by atomic mass is 16.2. The highest BCUT2D eigenvalue weighted by Gasteiger charge is 2.22. The number of pyridine rings is 1. The van der Waals surface area contributed by atoms with E-state index < -0.39 is 0 Å². The van der Waals surface area contributed by atoms with Gasteiger partial charge in [0.1, 0.15) is 5.82 Å². The summed E-state index contributed by atoms with van der Waals surface area (Å²) in [7, 11) is 3.32. The molecule has 2 amide bonds. The van der Waals surface area contributed by atoms with E-state index in [0.717, 1.165) is 26.2 Å². The van der Waals surface area contributed by atoms with E-state index >= 15 is 0 Å². The molecular weight excluding hydrogens is 434 g/mol. The fraction of sp³-hybridized carbons (Fsp3) is 0.500. The van der Waals surface area contributed by atoms with Gasteiger partial charge in [0.25, 0.3) is 0 Å². The Morgan fingerprint density at radius 1 is 0.912 bits per heavy atom. The van der Waals surface area contributed by atoms with E-state index in [4.69, 9.17) is 0 Å². The second kappa shape index (κ2) is 9.84. The van der Waals surface area contributed by atoms with Crippen LogP contribution in [-0.2, 0) is 30.2 Å². The van der Waals surface area contributed by atoms with E-state index in [-0.39, 0.29) is 30.3 Å². The molecule has 0 aromatic carbocycles. The van der Waals surface area contributed by atoms with Gasteiger partial charge in [-0.25, -0.2) is 9.78 Å². The smallest absolute Gasteiger partial charge is 0.329 e. The third kappa shape index (κ3) is 4.91. The first-order valence-corrected chi connectivity index (χ1v) is 11.7. The molecule has 0 radical (unpaired) electrons. The lowest BCUT2D eigenvalue weighted by atomic mass is 10.2. The van der Waals surface area contributed by atoms with Crippen LogP contribution in [0.1, 0.15) is 24.2 Å². The number of carbonyl (C=O) groups is 2. The number of piperazine rings is 1. The molecule has 34 heavy (non-hydrogen) atoms. The third-order valence-electron chi connectivity index (χ3n) is 6.72. The lowest BCUT2D eigenvalue weighted by Crippen LogP contribution is -2.49. The number of nitrogens with one attached hydrogen (secondary N) is 1. The molecule has 1 aliphatic heterocycles. The third-order valence-corrected chi connectivity index (χ3v) is 6.72. The number of fused-ring (bicyclic) bond motifs is 1. The van der Waals surface area contributed by atoms with Crippen LogP contribution in [0.25, 0.3) is 11.2 Å². The SMILES string of the molecule is Cc1ccc(C)n1CCN1CCN(C(=O)CCC(=O)Nc2ccc3c(n2)n(C)c(=O)n3C)CC1. The van der Waals surface area contributed by atoms with E-state index in [0.29, 0.717) is 30.1 Å². The summed E-state index contributed by atoms with van der Waals surface area (Å²) in [6.07, 6.45) is 0.262. The molecule has 3 aromatic rings. The minimum absolute atomic E-state index is 0.000709. The minimum atomic E-state index is -0.266. The second-order valence-electron chi connectivity index (χ2n) is 8.98. The fourth-order valence-corrected chi connectivity index (χ4v) is 4.54. The van der Waals surface area contributed by atoms with Gasteiger partial charge in [-0.05, 0) is 38.1 Å². The molecule has 182 valence electrons. The molecule has 3 aromatic heterocycles. The summed E-state index contributed by atoms with van der Waals surface area (Å²) in [5, 5.41) is 2.74. The van der Waals surface area contributed by atoms with Crippen molar-refractivity contribution in [2.45, 2.75) is 33.2 Å². The van der Waals surface area contributed by atoms with Crippen molar-refractivity contribution < 1.29 is 9.59 Å². The highest BCUT2D eigenvalue weighted by molar-refractivity contribution is 5.93. The Bertz CT molecular complexity index is 1240. The molecule has 0 unspecified atom stereocenters. The van der Waals surface area contributed by atoms with Crippen molar-refractivity contribution >= 4 is 28.8 Å². The van der Waals surface area contributed by atoms with Crippen LogP contribution in [-0.4, -0.2) is 73.0 Å². The van der Waals surface area contributed by atoms with Crippen LogP contribution in [0.2, 0.25) is 0 Å². The zero-order valence-corrected chi connectivity index (χ0v) is 20.4. The molecule has 1 fully saturated rings. The van der Waals surface area contributed by atoms with Crippen molar-refractivity contribution in [1.29, 1.82) is 0 Å². The average molecular weight is 468 g/mol. The van der Waals surface area contributed by atoms with Gasteiger partial charge in [0.05, 0.1) is 5.52 Å². The Balaban J connectivity index is 1.22. The molecule has 0 saturated carbocycles. The molecule has 1 N–H and O–H groups in total. The molecule has 10 heteroatoms. The van der Waals surface area contributed by atoms with Gasteiger partial charge < -0.3 is 14.8 Å². The van der Waals surface area contributed by atoms with E-state index in [1.54, 1.807) is 26.2 Å². The molecular formula is C24H33N7O3. The molecule has 10 nitrogen and oxygen atoms in total. The maximum Gasteiger partial charge on any atom is 0.329 e. The standard InChI is InChI=1S/C24H33N7O3/c1-17-5-6-18(2)31(17)16-13-29-11-14-30(15-12-29)22(33)10-9-21(32)25-20-8-7-19-23(26-20)28(4)24(34)27(19)3/h5-8H,9-16H2,1-4H3,(H,25,26,32). The van der Waals surface area contributed by atoms with Crippen LogP contribution in [0.15, 0.2) is 29.1 Å². The Hall–Kier alpha value is -3.40. The van der Waals surface area contributed by atoms with Crippen LogP contribution in [0, 0.1) is 13.8 Å². The van der Waals surface area contributed by atoms with Gasteiger partial charge in [0, 0.05) is 77.6 Å². The summed E-state index contributed by atoms with van der Waals surface area (Å²) >= 11 is 0. The Morgan fingerprint density at radius 3 is 2.26 bits per heavy atom. The molecule has 0 atom stereocenters. The number of nitrogens with zero attached hydrogens (tertiary/aromatic N) is 6. The van der Waals surface area contributed by atoms with Crippen molar-refractivity contribution in [3.63, 3.8) is 0 Å². The minimum Gasteiger partial charge on any atom is -0.348 e. The quantitative estimate of drug-likeness (QED) is 0.564. The summed E-state index contributed by atoms with van der Waals surface area (Å²) in [4.78, 5) is 45.7. The number of amides is 2. The van der Waals surface area contributed by atoms with Gasteiger partial charge in [-0.2, -0.15) is 0 Å². The molecule has 1 saturated heterocycles. The van der Waals surface area contributed by atoms with Crippen molar-refractivity contribution in [2.75, 3.05) is 38.0 Å². The molecule has 0 spiro atoms. The number of aromatic nitrogens is 4. The van der Waals surface area contributed by atoms with Crippen LogP contribution in [0.5, 0.6) is 0 Å². The van der Waals surface area contributed by atoms with Crippen LogP contribution < -0.4 is 11.0 Å². The largest absolute Gasteiger partial charge is 0.348 e. The molecule has 4 heterocycles.